The zero-order valence-corrected chi connectivity index (χ0v) is 14.1. The van der Waals surface area contributed by atoms with E-state index in [2.05, 4.69) is 11.8 Å². The van der Waals surface area contributed by atoms with Gasteiger partial charge in [-0.1, -0.05) is 12.8 Å². The fraction of sp³-hybridized carbons (Fsp3) is 0.929. The van der Waals surface area contributed by atoms with Crippen LogP contribution in [0.4, 0.5) is 0 Å². The zero-order valence-electron chi connectivity index (χ0n) is 12.4. The molecule has 0 aromatic carbocycles. The van der Waals surface area contributed by atoms with Crippen molar-refractivity contribution in [2.24, 2.45) is 5.73 Å². The summed E-state index contributed by atoms with van der Waals surface area (Å²) in [7, 11) is 0. The molecule has 6 heteroatoms. The lowest BCUT2D eigenvalue weighted by molar-refractivity contribution is -0.137. The van der Waals surface area contributed by atoms with Crippen molar-refractivity contribution in [3.05, 3.63) is 0 Å². The molecule has 2 heterocycles. The molecule has 0 aromatic rings. The van der Waals surface area contributed by atoms with Gasteiger partial charge in [-0.3, -0.25) is 9.69 Å². The highest BCUT2D eigenvalue weighted by Gasteiger charge is 2.28. The van der Waals surface area contributed by atoms with Crippen LogP contribution in [0.25, 0.3) is 0 Å². The van der Waals surface area contributed by atoms with Gasteiger partial charge in [-0.25, -0.2) is 0 Å². The number of halogens is 2. The second kappa shape index (κ2) is 9.82. The molecule has 120 valence electrons. The summed E-state index contributed by atoms with van der Waals surface area (Å²) in [4.78, 5) is 16.8. The number of nitrogens with two attached hydrogens (primary N) is 1. The molecule has 2 rings (SSSR count). The first kappa shape index (κ1) is 20.0. The summed E-state index contributed by atoms with van der Waals surface area (Å²) in [5.41, 5.74) is 5.89. The Kier molecular flexibility index (Phi) is 9.81. The maximum absolute atomic E-state index is 12.5. The van der Waals surface area contributed by atoms with Crippen LogP contribution < -0.4 is 5.73 Å². The van der Waals surface area contributed by atoms with Crippen molar-refractivity contribution in [1.29, 1.82) is 0 Å². The first-order chi connectivity index (χ1) is 8.68. The van der Waals surface area contributed by atoms with E-state index in [0.717, 1.165) is 39.0 Å². The number of rotatable bonds is 2. The number of amides is 1. The fourth-order valence-electron chi connectivity index (χ4n) is 3.02. The topological polar surface area (TPSA) is 49.6 Å². The molecule has 2 aliphatic rings. The summed E-state index contributed by atoms with van der Waals surface area (Å²) in [5, 5.41) is 0. The lowest BCUT2D eigenvalue weighted by Gasteiger charge is -2.35. The summed E-state index contributed by atoms with van der Waals surface area (Å²) < 4.78 is 0. The molecule has 0 aliphatic carbocycles. The van der Waals surface area contributed by atoms with Crippen LogP contribution in [0.3, 0.4) is 0 Å². The minimum absolute atomic E-state index is 0. The van der Waals surface area contributed by atoms with Crippen LogP contribution in [0.15, 0.2) is 0 Å². The van der Waals surface area contributed by atoms with Crippen LogP contribution in [0, 0.1) is 0 Å². The monoisotopic (exact) mass is 325 g/mol. The number of hydrogen-bond acceptors (Lipinski definition) is 3. The van der Waals surface area contributed by atoms with Crippen molar-refractivity contribution in [2.75, 3.05) is 26.2 Å². The molecular formula is C14H29Cl2N3O. The van der Waals surface area contributed by atoms with Gasteiger partial charge in [-0.15, -0.1) is 24.8 Å². The number of carbonyl (C=O) groups excluding carboxylic acids is 1. The summed E-state index contributed by atoms with van der Waals surface area (Å²) in [6, 6.07) is 0.347. The van der Waals surface area contributed by atoms with E-state index >= 15 is 0 Å². The molecular weight excluding hydrogens is 297 g/mol. The van der Waals surface area contributed by atoms with Gasteiger partial charge in [0.2, 0.25) is 5.91 Å². The molecule has 0 saturated carbocycles. The standard InChI is InChI=1S/C14H27N3O.2ClH/c1-12(16-8-4-2-3-5-9-16)14(18)17-10-6-13(15)7-11-17;;/h12-13H,2-11,15H2,1H3;2*1H. The Hall–Kier alpha value is -0.0300. The van der Waals surface area contributed by atoms with Crippen LogP contribution in [0.1, 0.15) is 45.4 Å². The molecule has 1 amide bonds. The Balaban J connectivity index is 0.00000180. The molecule has 0 bridgehead atoms. The van der Waals surface area contributed by atoms with Crippen molar-refractivity contribution in [1.82, 2.24) is 9.80 Å². The summed E-state index contributed by atoms with van der Waals surface area (Å²) in [5.74, 6) is 0.309. The molecule has 0 spiro atoms. The first-order valence-corrected chi connectivity index (χ1v) is 7.47. The van der Waals surface area contributed by atoms with E-state index in [-0.39, 0.29) is 30.9 Å². The SMILES string of the molecule is CC(C(=O)N1CCC(N)CC1)N1CCCCCC1.Cl.Cl. The van der Waals surface area contributed by atoms with Crippen molar-refractivity contribution in [3.8, 4) is 0 Å². The number of nitrogens with zero attached hydrogens (tertiary/aromatic N) is 2. The Labute approximate surface area is 135 Å². The van der Waals surface area contributed by atoms with E-state index in [1.807, 2.05) is 4.90 Å². The third-order valence-corrected chi connectivity index (χ3v) is 4.40. The average Bonchev–Trinajstić information content (AvgIpc) is 2.67. The third kappa shape index (κ3) is 5.40. The molecule has 20 heavy (non-hydrogen) atoms. The molecule has 1 unspecified atom stereocenters. The van der Waals surface area contributed by atoms with Crippen LogP contribution in [-0.4, -0.2) is 54.0 Å². The quantitative estimate of drug-likeness (QED) is 0.845. The van der Waals surface area contributed by atoms with Gasteiger partial charge >= 0.3 is 0 Å². The van der Waals surface area contributed by atoms with Gasteiger partial charge in [0, 0.05) is 19.1 Å². The summed E-state index contributed by atoms with van der Waals surface area (Å²) >= 11 is 0. The Morgan fingerprint density at radius 1 is 1.00 bits per heavy atom. The number of hydrogen-bond donors (Lipinski definition) is 1. The van der Waals surface area contributed by atoms with E-state index in [4.69, 9.17) is 5.73 Å². The van der Waals surface area contributed by atoms with Crippen LogP contribution in [0.5, 0.6) is 0 Å². The van der Waals surface area contributed by atoms with Crippen LogP contribution in [-0.2, 0) is 4.79 Å². The van der Waals surface area contributed by atoms with Crippen molar-refractivity contribution >= 4 is 30.7 Å². The van der Waals surface area contributed by atoms with Gasteiger partial charge in [0.15, 0.2) is 0 Å². The molecule has 1 atom stereocenters. The Morgan fingerprint density at radius 2 is 1.50 bits per heavy atom. The van der Waals surface area contributed by atoms with E-state index in [1.54, 1.807) is 0 Å². The van der Waals surface area contributed by atoms with E-state index in [1.165, 1.54) is 25.7 Å². The average molecular weight is 326 g/mol. The van der Waals surface area contributed by atoms with Gasteiger partial charge in [0.25, 0.3) is 0 Å². The second-order valence-corrected chi connectivity index (χ2v) is 5.79. The number of piperidine rings is 1. The molecule has 0 aromatic heterocycles. The lowest BCUT2D eigenvalue weighted by atomic mass is 10.1. The maximum Gasteiger partial charge on any atom is 0.239 e. The molecule has 2 N–H and O–H groups in total. The van der Waals surface area contributed by atoms with E-state index < -0.39 is 0 Å². The van der Waals surface area contributed by atoms with Crippen LogP contribution in [0.2, 0.25) is 0 Å². The molecule has 0 radical (unpaired) electrons. The van der Waals surface area contributed by atoms with Gasteiger partial charge in [-0.2, -0.15) is 0 Å². The van der Waals surface area contributed by atoms with Gasteiger partial charge in [-0.05, 0) is 45.7 Å². The lowest BCUT2D eigenvalue weighted by Crippen LogP contribution is -2.51. The predicted octanol–water partition coefficient (Wildman–Crippen LogP) is 2.04. The largest absolute Gasteiger partial charge is 0.341 e. The third-order valence-electron chi connectivity index (χ3n) is 4.40. The van der Waals surface area contributed by atoms with E-state index in [9.17, 15) is 4.79 Å². The van der Waals surface area contributed by atoms with Crippen molar-refractivity contribution in [3.63, 3.8) is 0 Å². The summed E-state index contributed by atoms with van der Waals surface area (Å²) in [6.07, 6.45) is 7.02. The Bertz CT molecular complexity index is 276. The highest BCUT2D eigenvalue weighted by atomic mass is 35.5. The zero-order chi connectivity index (χ0) is 13.0. The first-order valence-electron chi connectivity index (χ1n) is 7.47. The van der Waals surface area contributed by atoms with Crippen molar-refractivity contribution < 1.29 is 4.79 Å². The van der Waals surface area contributed by atoms with Crippen LogP contribution >= 0.6 is 24.8 Å². The number of likely N-dealkylation sites (tertiary alicyclic amines) is 2. The van der Waals surface area contributed by atoms with Gasteiger partial charge in [0.1, 0.15) is 0 Å². The minimum atomic E-state index is 0. The smallest absolute Gasteiger partial charge is 0.239 e. The molecule has 4 nitrogen and oxygen atoms in total. The van der Waals surface area contributed by atoms with Crippen molar-refractivity contribution in [2.45, 2.75) is 57.5 Å². The molecule has 2 saturated heterocycles. The highest BCUT2D eigenvalue weighted by molar-refractivity contribution is 5.85. The minimum Gasteiger partial charge on any atom is -0.341 e. The molecule has 2 aliphatic heterocycles. The highest BCUT2D eigenvalue weighted by Crippen LogP contribution is 2.16. The van der Waals surface area contributed by atoms with Gasteiger partial charge in [0.05, 0.1) is 6.04 Å². The molecule has 2 fully saturated rings. The maximum atomic E-state index is 12.5. The normalized spacial score (nSPS) is 23.2. The number of carbonyl (C=O) groups is 1. The van der Waals surface area contributed by atoms with Gasteiger partial charge < -0.3 is 10.6 Å². The second-order valence-electron chi connectivity index (χ2n) is 5.79. The summed E-state index contributed by atoms with van der Waals surface area (Å²) in [6.45, 7) is 5.93. The Morgan fingerprint density at radius 3 is 2.00 bits per heavy atom. The predicted molar refractivity (Wildman–Crippen MR) is 87.8 cm³/mol. The fourth-order valence-corrected chi connectivity index (χ4v) is 3.02. The van der Waals surface area contributed by atoms with E-state index in [0.29, 0.717) is 11.9 Å².